The first-order valence-corrected chi connectivity index (χ1v) is 11.9. The van der Waals surface area contributed by atoms with Crippen molar-refractivity contribution in [3.05, 3.63) is 94.0 Å². The van der Waals surface area contributed by atoms with Gasteiger partial charge in [0.05, 0.1) is 4.90 Å². The number of carbonyl (C=O) groups is 1. The number of amides is 1. The number of nitrogens with zero attached hydrogens (tertiary/aromatic N) is 1. The standard InChI is InChI=1S/C25H27N3O3S.H2/c1-16-11-17(2)23(18(3)12-16)15-28-14-19-7-4-5-10-22(19)24(28)25(29)27-32(30,31)21-9-6-8-20(26)13-21;/h4-13,24H,14-15,26H2,1-3H3,(H,27,29);1H. The van der Waals surface area contributed by atoms with Crippen molar-refractivity contribution in [3.63, 3.8) is 0 Å². The summed E-state index contributed by atoms with van der Waals surface area (Å²) in [5.41, 5.74) is 12.6. The summed E-state index contributed by atoms with van der Waals surface area (Å²) in [4.78, 5) is 15.3. The fraction of sp³-hybridized carbons (Fsp3) is 0.240. The van der Waals surface area contributed by atoms with E-state index < -0.39 is 22.0 Å². The molecule has 0 bridgehead atoms. The normalized spacial score (nSPS) is 16.0. The number of hydrogen-bond acceptors (Lipinski definition) is 5. The lowest BCUT2D eigenvalue weighted by atomic mass is 9.99. The molecule has 4 rings (SSSR count). The van der Waals surface area contributed by atoms with Crippen molar-refractivity contribution in [2.45, 2.75) is 44.8 Å². The van der Waals surface area contributed by atoms with E-state index >= 15 is 0 Å². The van der Waals surface area contributed by atoms with E-state index in [0.29, 0.717) is 18.8 Å². The number of benzene rings is 3. The number of fused-ring (bicyclic) bond motifs is 1. The predicted molar refractivity (Wildman–Crippen MR) is 127 cm³/mol. The maximum absolute atomic E-state index is 13.3. The van der Waals surface area contributed by atoms with E-state index in [1.807, 2.05) is 29.2 Å². The van der Waals surface area contributed by atoms with Gasteiger partial charge in [-0.25, -0.2) is 13.1 Å². The molecule has 0 radical (unpaired) electrons. The second kappa shape index (κ2) is 8.41. The van der Waals surface area contributed by atoms with Crippen LogP contribution in [0.5, 0.6) is 0 Å². The van der Waals surface area contributed by atoms with Gasteiger partial charge in [0.25, 0.3) is 15.9 Å². The quantitative estimate of drug-likeness (QED) is 0.572. The molecule has 1 aliphatic rings. The van der Waals surface area contributed by atoms with Crippen molar-refractivity contribution >= 4 is 21.6 Å². The molecule has 0 aliphatic carbocycles. The Hall–Kier alpha value is -3.16. The Balaban J connectivity index is 0.00000306. The predicted octanol–water partition coefficient (Wildman–Crippen LogP) is 4.00. The fourth-order valence-electron chi connectivity index (χ4n) is 4.50. The van der Waals surface area contributed by atoms with Crippen molar-refractivity contribution in [2.75, 3.05) is 5.73 Å². The van der Waals surface area contributed by atoms with Gasteiger partial charge in [-0.05, 0) is 66.8 Å². The van der Waals surface area contributed by atoms with E-state index in [-0.39, 0.29) is 6.32 Å². The topological polar surface area (TPSA) is 92.5 Å². The summed E-state index contributed by atoms with van der Waals surface area (Å²) in [7, 11) is -4.05. The first-order chi connectivity index (χ1) is 15.2. The molecule has 3 aromatic rings. The number of aryl methyl sites for hydroxylation is 3. The SMILES string of the molecule is Cc1cc(C)c(CN2Cc3ccccc3C2C(=O)NS(=O)(=O)c2cccc(N)c2)c(C)c1.[HH]. The molecule has 6 nitrogen and oxygen atoms in total. The number of anilines is 1. The Kier molecular flexibility index (Phi) is 5.79. The van der Waals surface area contributed by atoms with Crippen LogP contribution in [-0.4, -0.2) is 19.2 Å². The van der Waals surface area contributed by atoms with Gasteiger partial charge in [-0.3, -0.25) is 9.69 Å². The summed E-state index contributed by atoms with van der Waals surface area (Å²) in [6, 6.07) is 17.1. The van der Waals surface area contributed by atoms with E-state index in [1.165, 1.54) is 17.7 Å². The highest BCUT2D eigenvalue weighted by molar-refractivity contribution is 7.90. The molecule has 0 spiro atoms. The molecule has 1 atom stereocenters. The fourth-order valence-corrected chi connectivity index (χ4v) is 5.54. The molecule has 0 fully saturated rings. The molecule has 0 aromatic heterocycles. The lowest BCUT2D eigenvalue weighted by molar-refractivity contribution is -0.124. The highest BCUT2D eigenvalue weighted by Gasteiger charge is 2.37. The number of sulfonamides is 1. The molecular formula is C25H29N3O3S. The van der Waals surface area contributed by atoms with Gasteiger partial charge in [0, 0.05) is 20.2 Å². The van der Waals surface area contributed by atoms with Crippen LogP contribution in [-0.2, 0) is 27.9 Å². The highest BCUT2D eigenvalue weighted by atomic mass is 32.2. The van der Waals surface area contributed by atoms with Gasteiger partial charge in [0.15, 0.2) is 0 Å². The molecule has 1 aliphatic heterocycles. The van der Waals surface area contributed by atoms with Gasteiger partial charge in [-0.1, -0.05) is 48.0 Å². The van der Waals surface area contributed by atoms with Crippen molar-refractivity contribution in [1.29, 1.82) is 0 Å². The van der Waals surface area contributed by atoms with Crippen LogP contribution in [0, 0.1) is 20.8 Å². The zero-order valence-corrected chi connectivity index (χ0v) is 19.2. The third-order valence-corrected chi connectivity index (χ3v) is 7.29. The monoisotopic (exact) mass is 451 g/mol. The molecule has 3 N–H and O–H groups in total. The van der Waals surface area contributed by atoms with Gasteiger partial charge in [-0.2, -0.15) is 0 Å². The number of nitrogens with one attached hydrogen (secondary N) is 1. The number of hydrogen-bond donors (Lipinski definition) is 2. The summed E-state index contributed by atoms with van der Waals surface area (Å²) in [6.07, 6.45) is 0. The lowest BCUT2D eigenvalue weighted by Gasteiger charge is -2.26. The molecule has 168 valence electrons. The van der Waals surface area contributed by atoms with Gasteiger partial charge in [-0.15, -0.1) is 0 Å². The number of rotatable bonds is 5. The van der Waals surface area contributed by atoms with E-state index in [2.05, 4.69) is 37.6 Å². The van der Waals surface area contributed by atoms with Crippen LogP contribution >= 0.6 is 0 Å². The lowest BCUT2D eigenvalue weighted by Crippen LogP contribution is -2.40. The second-order valence-electron chi connectivity index (χ2n) is 8.43. The molecule has 7 heteroatoms. The molecule has 3 aromatic carbocycles. The maximum atomic E-state index is 13.3. The average Bonchev–Trinajstić information content (AvgIpc) is 3.08. The minimum atomic E-state index is -4.05. The van der Waals surface area contributed by atoms with Crippen LogP contribution in [0.15, 0.2) is 65.6 Å². The summed E-state index contributed by atoms with van der Waals surface area (Å²) in [6.45, 7) is 7.31. The van der Waals surface area contributed by atoms with Gasteiger partial charge < -0.3 is 5.73 Å². The zero-order valence-electron chi connectivity index (χ0n) is 18.4. The van der Waals surface area contributed by atoms with Crippen molar-refractivity contribution < 1.29 is 14.6 Å². The Morgan fingerprint density at radius 2 is 1.75 bits per heavy atom. The van der Waals surface area contributed by atoms with Crippen molar-refractivity contribution in [1.82, 2.24) is 9.62 Å². The van der Waals surface area contributed by atoms with Gasteiger partial charge >= 0.3 is 0 Å². The van der Waals surface area contributed by atoms with Gasteiger partial charge in [0.2, 0.25) is 0 Å². The molecule has 1 amide bonds. The third-order valence-electron chi connectivity index (χ3n) is 5.94. The smallest absolute Gasteiger partial charge is 0.264 e. The van der Waals surface area contributed by atoms with Crippen LogP contribution in [0.4, 0.5) is 5.69 Å². The van der Waals surface area contributed by atoms with Crippen molar-refractivity contribution in [2.24, 2.45) is 0 Å². The number of nitrogens with two attached hydrogens (primary N) is 1. The summed E-state index contributed by atoms with van der Waals surface area (Å²) < 4.78 is 28.0. The minimum Gasteiger partial charge on any atom is -0.399 e. The highest BCUT2D eigenvalue weighted by Crippen LogP contribution is 2.36. The molecule has 0 saturated carbocycles. The van der Waals surface area contributed by atoms with Crippen molar-refractivity contribution in [3.8, 4) is 0 Å². The molecular weight excluding hydrogens is 422 g/mol. The molecule has 32 heavy (non-hydrogen) atoms. The van der Waals surface area contributed by atoms with Gasteiger partial charge in [0.1, 0.15) is 6.04 Å². The largest absolute Gasteiger partial charge is 0.399 e. The Morgan fingerprint density at radius 3 is 2.44 bits per heavy atom. The van der Waals surface area contributed by atoms with Crippen LogP contribution in [0.25, 0.3) is 0 Å². The molecule has 1 unspecified atom stereocenters. The van der Waals surface area contributed by atoms with E-state index in [0.717, 1.165) is 27.8 Å². The zero-order chi connectivity index (χ0) is 23.0. The summed E-state index contributed by atoms with van der Waals surface area (Å²) >= 11 is 0. The Morgan fingerprint density at radius 1 is 1.06 bits per heavy atom. The maximum Gasteiger partial charge on any atom is 0.264 e. The van der Waals surface area contributed by atoms with Crippen LogP contribution in [0.1, 0.15) is 40.8 Å². The van der Waals surface area contributed by atoms with E-state index in [9.17, 15) is 13.2 Å². The van der Waals surface area contributed by atoms with Crippen LogP contribution in [0.3, 0.4) is 0 Å². The summed E-state index contributed by atoms with van der Waals surface area (Å²) in [5, 5.41) is 0. The number of nitrogen functional groups attached to an aromatic ring is 1. The average molecular weight is 452 g/mol. The van der Waals surface area contributed by atoms with Crippen LogP contribution in [0.2, 0.25) is 0 Å². The number of carbonyl (C=O) groups excluding carboxylic acids is 1. The Labute approximate surface area is 190 Å². The van der Waals surface area contributed by atoms with E-state index in [4.69, 9.17) is 5.73 Å². The Bertz CT molecular complexity index is 1280. The summed E-state index contributed by atoms with van der Waals surface area (Å²) in [5.74, 6) is -0.570. The molecule has 1 heterocycles. The van der Waals surface area contributed by atoms with Crippen LogP contribution < -0.4 is 10.5 Å². The first-order valence-electron chi connectivity index (χ1n) is 10.5. The molecule has 0 saturated heterocycles. The first kappa shape index (κ1) is 22.0. The second-order valence-corrected chi connectivity index (χ2v) is 10.1. The van der Waals surface area contributed by atoms with E-state index in [1.54, 1.807) is 12.1 Å². The minimum absolute atomic E-state index is 0. The third kappa shape index (κ3) is 4.26.